The van der Waals surface area contributed by atoms with Gasteiger partial charge in [0.05, 0.1) is 72.5 Å². The molecule has 0 aromatic heterocycles. The smallest absolute Gasteiger partial charge is 0.305 e. The highest BCUT2D eigenvalue weighted by Crippen LogP contribution is 1.93. The van der Waals surface area contributed by atoms with Crippen LogP contribution in [0, 0.1) is 0 Å². The van der Waals surface area contributed by atoms with Crippen LogP contribution in [0.3, 0.4) is 0 Å². The van der Waals surface area contributed by atoms with Gasteiger partial charge in [0.25, 0.3) is 0 Å². The second-order valence-electron chi connectivity index (χ2n) is 9.73. The van der Waals surface area contributed by atoms with Gasteiger partial charge in [-0.1, -0.05) is 20.8 Å². The molecule has 0 rings (SSSR count). The number of ketones is 2. The maximum atomic E-state index is 10.2. The van der Waals surface area contributed by atoms with Gasteiger partial charge in [0.2, 0.25) is 0 Å². The number of nitrogens with two attached hydrogens (primary N) is 2. The summed E-state index contributed by atoms with van der Waals surface area (Å²) in [5, 5.41) is 31.9. The third-order valence-electron chi connectivity index (χ3n) is 4.39. The highest BCUT2D eigenvalue weighted by molar-refractivity contribution is 5.76. The van der Waals surface area contributed by atoms with Gasteiger partial charge in [0.1, 0.15) is 12.4 Å². The van der Waals surface area contributed by atoms with E-state index in [-0.39, 0.29) is 37.8 Å². The number of carboxylic acid groups (broad SMARTS) is 1. The van der Waals surface area contributed by atoms with Crippen LogP contribution in [-0.2, 0) is 52.4 Å². The summed E-state index contributed by atoms with van der Waals surface area (Å²) < 4.78 is 33.9. The van der Waals surface area contributed by atoms with Crippen LogP contribution >= 0.6 is 0 Å². The van der Waals surface area contributed by atoms with E-state index in [1.54, 1.807) is 28.3 Å². The van der Waals surface area contributed by atoms with Gasteiger partial charge >= 0.3 is 5.97 Å². The first-order valence-corrected chi connectivity index (χ1v) is 17.3. The van der Waals surface area contributed by atoms with Crippen LogP contribution in [0.15, 0.2) is 0 Å². The quantitative estimate of drug-likeness (QED) is 0.0399. The number of hydrogen-bond donors (Lipinski definition) is 6. The molecule has 0 amide bonds. The summed E-state index contributed by atoms with van der Waals surface area (Å²) in [6, 6.07) is 0. The summed E-state index contributed by atoms with van der Waals surface area (Å²) in [6.45, 7) is 16.8. The molecule has 314 valence electrons. The second-order valence-corrected chi connectivity index (χ2v) is 9.73. The molecule has 0 aliphatic heterocycles. The number of Topliss-reactive ketones (excluding diaryl/α,β-unsaturated/α-hetero) is 2. The Morgan fingerprint density at radius 3 is 1.24 bits per heavy atom. The largest absolute Gasteiger partial charge is 0.481 e. The number of rotatable bonds is 27. The molecule has 0 aromatic rings. The minimum absolute atomic E-state index is 0.0386. The van der Waals surface area contributed by atoms with Crippen LogP contribution < -0.4 is 11.5 Å². The highest BCUT2D eigenvalue weighted by atomic mass is 17.1. The molecule has 17 heteroatoms. The number of carbonyl (C=O) groups is 3. The molecule has 0 aliphatic rings. The fraction of sp³-hybridized carbons (Fsp3) is 0.912. The molecule has 0 saturated heterocycles. The number of hydrogen-bond acceptors (Lipinski definition) is 16. The molecule has 17 nitrogen and oxygen atoms in total. The Kier molecular flexibility index (Phi) is 92.8. The zero-order chi connectivity index (χ0) is 40.7. The maximum Gasteiger partial charge on any atom is 0.305 e. The third kappa shape index (κ3) is 129. The lowest BCUT2D eigenvalue weighted by Gasteiger charge is -2.02. The van der Waals surface area contributed by atoms with E-state index in [1.165, 1.54) is 6.92 Å². The summed E-state index contributed by atoms with van der Waals surface area (Å²) in [4.78, 5) is 34.2. The monoisotopic (exact) mass is 755 g/mol. The third-order valence-corrected chi connectivity index (χ3v) is 4.39. The molecule has 0 unspecified atom stereocenters. The molecule has 0 radical (unpaired) electrons. The van der Waals surface area contributed by atoms with Crippen molar-refractivity contribution in [3.8, 4) is 0 Å². The molecule has 0 aromatic carbocycles. The van der Waals surface area contributed by atoms with E-state index in [9.17, 15) is 14.4 Å². The van der Waals surface area contributed by atoms with Crippen molar-refractivity contribution in [3.63, 3.8) is 0 Å². The summed E-state index contributed by atoms with van der Waals surface area (Å²) in [5.74, 6) is -0.595. The Morgan fingerprint density at radius 2 is 0.961 bits per heavy atom. The molecule has 0 aliphatic carbocycles. The van der Waals surface area contributed by atoms with Crippen LogP contribution in [0.1, 0.15) is 79.6 Å². The topological polar surface area (TPSA) is 258 Å². The summed E-state index contributed by atoms with van der Waals surface area (Å²) in [6.07, 6.45) is 5.09. The van der Waals surface area contributed by atoms with Gasteiger partial charge in [-0.3, -0.25) is 14.8 Å². The van der Waals surface area contributed by atoms with Crippen molar-refractivity contribution in [2.24, 2.45) is 11.5 Å². The van der Waals surface area contributed by atoms with Gasteiger partial charge in [0.15, 0.2) is 5.78 Å². The maximum absolute atomic E-state index is 10.2. The van der Waals surface area contributed by atoms with Gasteiger partial charge in [-0.25, -0.2) is 4.89 Å². The van der Waals surface area contributed by atoms with Crippen LogP contribution in [0.4, 0.5) is 0 Å². The predicted molar refractivity (Wildman–Crippen MR) is 198 cm³/mol. The molecule has 0 fully saturated rings. The molecule has 0 bridgehead atoms. The molecular formula is C34H78N2O15. The van der Waals surface area contributed by atoms with Crippen molar-refractivity contribution < 1.29 is 73.0 Å². The van der Waals surface area contributed by atoms with E-state index < -0.39 is 5.97 Å². The number of carbonyl (C=O) groups excluding carboxylic acids is 2. The van der Waals surface area contributed by atoms with Gasteiger partial charge < -0.3 is 64.7 Å². The van der Waals surface area contributed by atoms with Crippen LogP contribution in [0.25, 0.3) is 0 Å². The highest BCUT2D eigenvalue weighted by Gasteiger charge is 1.95. The zero-order valence-corrected chi connectivity index (χ0v) is 33.2. The van der Waals surface area contributed by atoms with Gasteiger partial charge in [-0.15, -0.1) is 0 Å². The van der Waals surface area contributed by atoms with E-state index in [4.69, 9.17) is 60.5 Å². The van der Waals surface area contributed by atoms with Crippen molar-refractivity contribution in [1.82, 2.24) is 0 Å². The van der Waals surface area contributed by atoms with E-state index in [1.807, 2.05) is 13.8 Å². The number of aliphatic carboxylic acids is 1. The number of aliphatic hydroxyl groups excluding tert-OH is 2. The average molecular weight is 755 g/mol. The number of methoxy groups -OCH3 is 3. The first kappa shape index (κ1) is 64.3. The van der Waals surface area contributed by atoms with Crippen molar-refractivity contribution in [3.05, 3.63) is 0 Å². The molecule has 0 atom stereocenters. The standard InChI is InChI=1S/C7H15NO4.C6H12O3.C6H12O2.C5H13NO2.C4H10O.C3H8O2.C3H8O/c8-2-4-12-6-5-11-3-1-7(9)10;1-6(7)5-9-4-3-8-2;1-6(8)4-2-3-5-7;1-7-4-5-8-3-2-6;1-3-4-5-2;1-2-3-5-4;1-2-3-4/h1-6,8H2,(H,9,10);3-5H2,1-2H3;7H,2-5H2,1H3;2-6H2,1H3;3-4H2,1-2H3;4H,2-3H2,1H3;4H,2-3H2,1H3. The van der Waals surface area contributed by atoms with Gasteiger partial charge in [0, 0.05) is 60.7 Å². The fourth-order valence-corrected chi connectivity index (χ4v) is 2.03. The van der Waals surface area contributed by atoms with Crippen molar-refractivity contribution in [1.29, 1.82) is 0 Å². The van der Waals surface area contributed by atoms with Crippen molar-refractivity contribution in [2.45, 2.75) is 79.6 Å². The Labute approximate surface area is 308 Å². The zero-order valence-electron chi connectivity index (χ0n) is 33.2. The Morgan fingerprint density at radius 1 is 0.529 bits per heavy atom. The second kappa shape index (κ2) is 73.7. The van der Waals surface area contributed by atoms with Crippen molar-refractivity contribution >= 4 is 17.5 Å². The molecule has 0 spiro atoms. The summed E-state index contributed by atoms with van der Waals surface area (Å²) in [7, 11) is 4.95. The van der Waals surface area contributed by atoms with Gasteiger partial charge in [-0.2, -0.15) is 0 Å². The Bertz CT molecular complexity index is 576. The van der Waals surface area contributed by atoms with Crippen LogP contribution in [-0.4, -0.2) is 165 Å². The lowest BCUT2D eigenvalue weighted by Crippen LogP contribution is -2.13. The lowest BCUT2D eigenvalue weighted by molar-refractivity contribution is -0.241. The molecule has 0 heterocycles. The summed E-state index contributed by atoms with van der Waals surface area (Å²) in [5.41, 5.74) is 10.3. The normalized spacial score (nSPS) is 9.27. The van der Waals surface area contributed by atoms with E-state index >= 15 is 0 Å². The minimum atomic E-state index is -0.849. The summed E-state index contributed by atoms with van der Waals surface area (Å²) >= 11 is 0. The van der Waals surface area contributed by atoms with E-state index in [0.717, 1.165) is 38.7 Å². The SMILES string of the molecule is CC(=O)CCCCO.CCCO.CCCOC.CCCOO.COCCOCC(C)=O.COCCOCCN.NCCOCCOCCC(=O)O. The molecular weight excluding hydrogens is 676 g/mol. The molecule has 0 saturated carbocycles. The van der Waals surface area contributed by atoms with Crippen molar-refractivity contribution in [2.75, 3.05) is 127 Å². The first-order chi connectivity index (χ1) is 24.5. The van der Waals surface area contributed by atoms with Crippen LogP contribution in [0.5, 0.6) is 0 Å². The Hall–Kier alpha value is -1.71. The first-order valence-electron chi connectivity index (χ1n) is 17.3. The van der Waals surface area contributed by atoms with Gasteiger partial charge in [-0.05, 0) is 46.0 Å². The number of carboxylic acids is 1. The molecule has 51 heavy (non-hydrogen) atoms. The number of aliphatic hydroxyl groups is 2. The van der Waals surface area contributed by atoms with E-state index in [0.29, 0.717) is 85.6 Å². The number of unbranched alkanes of at least 4 members (excludes halogenated alkanes) is 1. The Balaban J connectivity index is -0.0000000912. The minimum Gasteiger partial charge on any atom is -0.481 e. The fourth-order valence-electron chi connectivity index (χ4n) is 2.03. The van der Waals surface area contributed by atoms with E-state index in [2.05, 4.69) is 16.5 Å². The van der Waals surface area contributed by atoms with Crippen LogP contribution in [0.2, 0.25) is 0 Å². The lowest BCUT2D eigenvalue weighted by atomic mass is 10.2. The molecule has 8 N–H and O–H groups in total. The predicted octanol–water partition coefficient (Wildman–Crippen LogP) is 2.36. The average Bonchev–Trinajstić information content (AvgIpc) is 3.10. The number of ether oxygens (including phenoxy) is 7.